The van der Waals surface area contributed by atoms with E-state index in [4.69, 9.17) is 10.5 Å². The van der Waals surface area contributed by atoms with Crippen LogP contribution in [0.15, 0.2) is 0 Å². The van der Waals surface area contributed by atoms with E-state index >= 15 is 0 Å². The fourth-order valence-electron chi connectivity index (χ4n) is 1.37. The van der Waals surface area contributed by atoms with Crippen molar-refractivity contribution in [3.8, 4) is 0 Å². The lowest BCUT2D eigenvalue weighted by Gasteiger charge is -2.25. The van der Waals surface area contributed by atoms with Gasteiger partial charge in [0.2, 0.25) is 5.91 Å². The van der Waals surface area contributed by atoms with Gasteiger partial charge < -0.3 is 15.4 Å². The summed E-state index contributed by atoms with van der Waals surface area (Å²) in [6, 6.07) is 0. The molecule has 0 aromatic rings. The first-order valence-corrected chi connectivity index (χ1v) is 5.92. The van der Waals surface area contributed by atoms with Gasteiger partial charge in [-0.1, -0.05) is 6.42 Å². The van der Waals surface area contributed by atoms with Gasteiger partial charge in [0.25, 0.3) is 0 Å². The van der Waals surface area contributed by atoms with Crippen molar-refractivity contribution < 1.29 is 9.53 Å². The zero-order valence-electron chi connectivity index (χ0n) is 11.1. The van der Waals surface area contributed by atoms with Crippen molar-refractivity contribution >= 4 is 5.91 Å². The van der Waals surface area contributed by atoms with E-state index in [0.29, 0.717) is 6.42 Å². The molecule has 0 spiro atoms. The van der Waals surface area contributed by atoms with E-state index in [-0.39, 0.29) is 11.5 Å². The van der Waals surface area contributed by atoms with Gasteiger partial charge in [0.1, 0.15) is 0 Å². The normalized spacial score (nSPS) is 11.6. The smallest absolute Gasteiger partial charge is 0.225 e. The monoisotopic (exact) mass is 230 g/mol. The molecule has 0 bridgehead atoms. The summed E-state index contributed by atoms with van der Waals surface area (Å²) in [5.41, 5.74) is 5.04. The highest BCUT2D eigenvalue weighted by Crippen LogP contribution is 2.14. The average Bonchev–Trinajstić information content (AvgIpc) is 2.23. The fraction of sp³-hybridized carbons (Fsp3) is 0.917. The second-order valence-electron chi connectivity index (χ2n) is 4.81. The van der Waals surface area contributed by atoms with Gasteiger partial charge in [0.05, 0.1) is 12.0 Å². The molecule has 0 aliphatic rings. The average molecular weight is 230 g/mol. The number of nitrogens with zero attached hydrogens (tertiary/aromatic N) is 1. The number of carbonyl (C=O) groups is 1. The summed E-state index contributed by atoms with van der Waals surface area (Å²) in [5, 5.41) is 0. The third kappa shape index (κ3) is 6.80. The van der Waals surface area contributed by atoms with E-state index in [1.807, 2.05) is 20.9 Å². The minimum absolute atomic E-state index is 0.139. The van der Waals surface area contributed by atoms with Crippen LogP contribution in [0.5, 0.6) is 0 Å². The predicted octanol–water partition coefficient (Wildman–Crippen LogP) is 1.39. The summed E-state index contributed by atoms with van der Waals surface area (Å²) in [6.45, 7) is 5.38. The van der Waals surface area contributed by atoms with Gasteiger partial charge in [-0.3, -0.25) is 4.79 Å². The van der Waals surface area contributed by atoms with Crippen LogP contribution in [0.25, 0.3) is 0 Å². The number of methoxy groups -OCH3 is 1. The third-order valence-electron chi connectivity index (χ3n) is 2.75. The second kappa shape index (κ2) is 7.63. The summed E-state index contributed by atoms with van der Waals surface area (Å²) >= 11 is 0. The Hall–Kier alpha value is -0.610. The molecule has 0 aliphatic carbocycles. The Morgan fingerprint density at radius 2 is 1.94 bits per heavy atom. The summed E-state index contributed by atoms with van der Waals surface area (Å²) in [6.07, 6.45) is 3.57. The molecule has 0 saturated heterocycles. The first-order chi connectivity index (χ1) is 7.43. The van der Waals surface area contributed by atoms with Crippen LogP contribution < -0.4 is 5.73 Å². The SMILES string of the molecule is COC(C)(C)CC(=O)N(C)CCCCCN. The standard InChI is InChI=1S/C12H26N2O2/c1-12(2,16-4)10-11(15)14(3)9-7-5-6-8-13/h5-10,13H2,1-4H3. The van der Waals surface area contributed by atoms with Gasteiger partial charge in [-0.2, -0.15) is 0 Å². The van der Waals surface area contributed by atoms with Crippen LogP contribution in [-0.2, 0) is 9.53 Å². The van der Waals surface area contributed by atoms with Gasteiger partial charge in [-0.05, 0) is 33.2 Å². The zero-order chi connectivity index (χ0) is 12.6. The number of rotatable bonds is 8. The van der Waals surface area contributed by atoms with Gasteiger partial charge in [0.15, 0.2) is 0 Å². The topological polar surface area (TPSA) is 55.6 Å². The van der Waals surface area contributed by atoms with Crippen molar-refractivity contribution in [2.75, 3.05) is 27.2 Å². The molecule has 0 fully saturated rings. The van der Waals surface area contributed by atoms with Gasteiger partial charge in [0, 0.05) is 20.7 Å². The first-order valence-electron chi connectivity index (χ1n) is 5.92. The highest BCUT2D eigenvalue weighted by molar-refractivity contribution is 5.76. The molecular weight excluding hydrogens is 204 g/mol. The molecule has 96 valence electrons. The van der Waals surface area contributed by atoms with Crippen LogP contribution in [0.4, 0.5) is 0 Å². The van der Waals surface area contributed by atoms with Crippen LogP contribution in [0.2, 0.25) is 0 Å². The number of hydrogen-bond acceptors (Lipinski definition) is 3. The molecule has 16 heavy (non-hydrogen) atoms. The van der Waals surface area contributed by atoms with E-state index in [0.717, 1.165) is 32.4 Å². The zero-order valence-corrected chi connectivity index (χ0v) is 11.1. The summed E-state index contributed by atoms with van der Waals surface area (Å²) in [5.74, 6) is 0.139. The number of ether oxygens (including phenoxy) is 1. The molecule has 2 N–H and O–H groups in total. The lowest BCUT2D eigenvalue weighted by atomic mass is 10.0. The van der Waals surface area contributed by atoms with E-state index < -0.39 is 0 Å². The Bertz CT molecular complexity index is 205. The molecule has 0 heterocycles. The Kier molecular flexibility index (Phi) is 7.34. The Labute approximate surface area is 99.1 Å². The van der Waals surface area contributed by atoms with Crippen molar-refractivity contribution in [2.45, 2.75) is 45.1 Å². The Morgan fingerprint density at radius 1 is 1.31 bits per heavy atom. The van der Waals surface area contributed by atoms with Crippen LogP contribution >= 0.6 is 0 Å². The van der Waals surface area contributed by atoms with Gasteiger partial charge in [-0.15, -0.1) is 0 Å². The van der Waals surface area contributed by atoms with Crippen LogP contribution in [0.3, 0.4) is 0 Å². The van der Waals surface area contributed by atoms with E-state index in [2.05, 4.69) is 0 Å². The van der Waals surface area contributed by atoms with E-state index in [9.17, 15) is 4.79 Å². The lowest BCUT2D eigenvalue weighted by molar-refractivity contribution is -0.135. The van der Waals surface area contributed by atoms with Gasteiger partial charge >= 0.3 is 0 Å². The minimum Gasteiger partial charge on any atom is -0.378 e. The molecule has 0 unspecified atom stereocenters. The highest BCUT2D eigenvalue weighted by atomic mass is 16.5. The highest BCUT2D eigenvalue weighted by Gasteiger charge is 2.22. The Morgan fingerprint density at radius 3 is 2.44 bits per heavy atom. The molecule has 0 aromatic heterocycles. The van der Waals surface area contributed by atoms with Crippen LogP contribution in [0.1, 0.15) is 39.5 Å². The largest absolute Gasteiger partial charge is 0.378 e. The fourth-order valence-corrected chi connectivity index (χ4v) is 1.37. The number of hydrogen-bond donors (Lipinski definition) is 1. The molecule has 1 amide bonds. The van der Waals surface area contributed by atoms with Gasteiger partial charge in [-0.25, -0.2) is 0 Å². The molecule has 0 saturated carbocycles. The van der Waals surface area contributed by atoms with Crippen molar-refractivity contribution in [1.82, 2.24) is 4.90 Å². The number of nitrogens with two attached hydrogens (primary N) is 1. The summed E-state index contributed by atoms with van der Waals surface area (Å²) in [4.78, 5) is 13.6. The summed E-state index contributed by atoms with van der Waals surface area (Å²) in [7, 11) is 3.48. The molecule has 4 heteroatoms. The first kappa shape index (κ1) is 15.4. The van der Waals surface area contributed by atoms with Crippen molar-refractivity contribution in [1.29, 1.82) is 0 Å². The maximum absolute atomic E-state index is 11.8. The second-order valence-corrected chi connectivity index (χ2v) is 4.81. The quantitative estimate of drug-likeness (QED) is 0.641. The van der Waals surface area contributed by atoms with Crippen LogP contribution in [0, 0.1) is 0 Å². The molecule has 0 rings (SSSR count). The van der Waals surface area contributed by atoms with E-state index in [1.54, 1.807) is 12.0 Å². The Balaban J connectivity index is 3.82. The number of unbranched alkanes of at least 4 members (excludes halogenated alkanes) is 2. The maximum Gasteiger partial charge on any atom is 0.225 e. The third-order valence-corrected chi connectivity index (χ3v) is 2.75. The van der Waals surface area contributed by atoms with Crippen molar-refractivity contribution in [3.05, 3.63) is 0 Å². The van der Waals surface area contributed by atoms with Crippen LogP contribution in [-0.4, -0.2) is 43.7 Å². The molecule has 0 aromatic carbocycles. The van der Waals surface area contributed by atoms with Crippen molar-refractivity contribution in [3.63, 3.8) is 0 Å². The summed E-state index contributed by atoms with van der Waals surface area (Å²) < 4.78 is 5.24. The molecule has 0 atom stereocenters. The number of amides is 1. The molecule has 0 aliphatic heterocycles. The van der Waals surface area contributed by atoms with Crippen molar-refractivity contribution in [2.24, 2.45) is 5.73 Å². The number of carbonyl (C=O) groups excluding carboxylic acids is 1. The van der Waals surface area contributed by atoms with E-state index in [1.165, 1.54) is 0 Å². The molecular formula is C12H26N2O2. The molecule has 0 radical (unpaired) electrons. The molecule has 4 nitrogen and oxygen atoms in total. The lowest BCUT2D eigenvalue weighted by Crippen LogP contribution is -2.35. The predicted molar refractivity (Wildman–Crippen MR) is 66.2 cm³/mol. The minimum atomic E-state index is -0.372. The maximum atomic E-state index is 11.8.